The van der Waals surface area contributed by atoms with Crippen molar-refractivity contribution in [2.75, 3.05) is 5.75 Å². The highest BCUT2D eigenvalue weighted by Crippen LogP contribution is 2.19. The van der Waals surface area contributed by atoms with E-state index < -0.39 is 0 Å². The van der Waals surface area contributed by atoms with Crippen molar-refractivity contribution < 1.29 is 0 Å². The zero-order chi connectivity index (χ0) is 7.40. The lowest BCUT2D eigenvalue weighted by Gasteiger charge is -1.99. The van der Waals surface area contributed by atoms with E-state index in [2.05, 4.69) is 24.9 Å². The molecule has 0 atom stereocenters. The van der Waals surface area contributed by atoms with Crippen molar-refractivity contribution in [3.8, 4) is 0 Å². The second kappa shape index (κ2) is 3.62. The molecule has 2 heteroatoms. The van der Waals surface area contributed by atoms with Crippen molar-refractivity contribution >= 4 is 11.8 Å². The van der Waals surface area contributed by atoms with Crippen LogP contribution in [0.2, 0.25) is 0 Å². The van der Waals surface area contributed by atoms with Gasteiger partial charge in [-0.2, -0.15) is 0 Å². The Morgan fingerprint density at radius 2 is 2.40 bits per heavy atom. The lowest BCUT2D eigenvalue weighted by atomic mass is 10.3. The third-order valence-corrected chi connectivity index (χ3v) is 2.33. The summed E-state index contributed by atoms with van der Waals surface area (Å²) in [5.41, 5.74) is 1.27. The second-order valence-corrected chi connectivity index (χ2v) is 3.38. The highest BCUT2D eigenvalue weighted by molar-refractivity contribution is 7.99. The molecule has 0 bridgehead atoms. The van der Waals surface area contributed by atoms with Crippen LogP contribution in [0.1, 0.15) is 12.5 Å². The molecule has 1 aromatic rings. The molecule has 1 nitrogen and oxygen atoms in total. The minimum Gasteiger partial charge on any atom is -0.264 e. The fourth-order valence-electron chi connectivity index (χ4n) is 0.778. The van der Waals surface area contributed by atoms with Gasteiger partial charge in [-0.3, -0.25) is 4.98 Å². The van der Waals surface area contributed by atoms with Crippen LogP contribution in [0.25, 0.3) is 0 Å². The van der Waals surface area contributed by atoms with Crippen LogP contribution in [0.15, 0.2) is 23.4 Å². The number of aryl methyl sites for hydroxylation is 1. The van der Waals surface area contributed by atoms with E-state index in [1.807, 2.05) is 24.2 Å². The Bertz CT molecular complexity index is 210. The van der Waals surface area contributed by atoms with E-state index in [0.717, 1.165) is 5.75 Å². The van der Waals surface area contributed by atoms with Crippen molar-refractivity contribution in [2.24, 2.45) is 0 Å². The molecule has 1 heterocycles. The topological polar surface area (TPSA) is 12.9 Å². The fourth-order valence-corrected chi connectivity index (χ4v) is 1.53. The van der Waals surface area contributed by atoms with Crippen LogP contribution in [0.3, 0.4) is 0 Å². The molecule has 0 aliphatic rings. The summed E-state index contributed by atoms with van der Waals surface area (Å²) in [4.78, 5) is 5.36. The average molecular weight is 153 g/mol. The number of rotatable bonds is 2. The van der Waals surface area contributed by atoms with E-state index in [1.165, 1.54) is 10.5 Å². The number of pyridine rings is 1. The Morgan fingerprint density at radius 1 is 1.60 bits per heavy atom. The molecular weight excluding hydrogens is 142 g/mol. The van der Waals surface area contributed by atoms with Gasteiger partial charge in [-0.1, -0.05) is 6.92 Å². The molecule has 1 aromatic heterocycles. The third kappa shape index (κ3) is 1.74. The molecule has 0 amide bonds. The van der Waals surface area contributed by atoms with Gasteiger partial charge in [-0.25, -0.2) is 0 Å². The van der Waals surface area contributed by atoms with Crippen molar-refractivity contribution in [1.29, 1.82) is 0 Å². The summed E-state index contributed by atoms with van der Waals surface area (Å²) >= 11 is 1.86. The van der Waals surface area contributed by atoms with Gasteiger partial charge in [0.05, 0.1) is 0 Å². The first-order chi connectivity index (χ1) is 4.84. The van der Waals surface area contributed by atoms with Crippen molar-refractivity contribution in [3.05, 3.63) is 24.0 Å². The second-order valence-electron chi connectivity index (χ2n) is 2.07. The Hall–Kier alpha value is -0.500. The summed E-state index contributed by atoms with van der Waals surface area (Å²) in [5, 5.41) is 0. The summed E-state index contributed by atoms with van der Waals surface area (Å²) < 4.78 is 0. The third-order valence-electron chi connectivity index (χ3n) is 1.27. The maximum atomic E-state index is 4.01. The molecular formula is C8H11NS. The largest absolute Gasteiger partial charge is 0.264 e. The standard InChI is InChI=1S/C8H11NS/c1-3-10-8-4-5-9-6-7(8)2/h4-6H,3H2,1-2H3. The first kappa shape index (κ1) is 7.61. The van der Waals surface area contributed by atoms with Crippen LogP contribution in [-0.2, 0) is 0 Å². The van der Waals surface area contributed by atoms with E-state index in [-0.39, 0.29) is 0 Å². The van der Waals surface area contributed by atoms with Gasteiger partial charge in [0.1, 0.15) is 0 Å². The molecule has 0 saturated heterocycles. The molecule has 0 N–H and O–H groups in total. The smallest absolute Gasteiger partial charge is 0.0308 e. The lowest BCUT2D eigenvalue weighted by Crippen LogP contribution is -1.80. The quantitative estimate of drug-likeness (QED) is 0.605. The van der Waals surface area contributed by atoms with Crippen molar-refractivity contribution in [2.45, 2.75) is 18.7 Å². The van der Waals surface area contributed by atoms with E-state index in [9.17, 15) is 0 Å². The number of thioether (sulfide) groups is 1. The van der Waals surface area contributed by atoms with Crippen LogP contribution in [-0.4, -0.2) is 10.7 Å². The van der Waals surface area contributed by atoms with Crippen LogP contribution >= 0.6 is 11.8 Å². The number of nitrogens with zero attached hydrogens (tertiary/aromatic N) is 1. The zero-order valence-electron chi connectivity index (χ0n) is 6.29. The summed E-state index contributed by atoms with van der Waals surface area (Å²) in [7, 11) is 0. The molecule has 0 radical (unpaired) electrons. The minimum absolute atomic E-state index is 1.13. The Kier molecular flexibility index (Phi) is 2.75. The first-order valence-corrected chi connectivity index (χ1v) is 4.36. The summed E-state index contributed by atoms with van der Waals surface area (Å²) in [5.74, 6) is 1.13. The molecule has 1 rings (SSSR count). The average Bonchev–Trinajstić information content (AvgIpc) is 1.94. The molecule has 0 aliphatic heterocycles. The number of aromatic nitrogens is 1. The predicted molar refractivity (Wildman–Crippen MR) is 45.4 cm³/mol. The van der Waals surface area contributed by atoms with E-state index >= 15 is 0 Å². The van der Waals surface area contributed by atoms with Gasteiger partial charge in [-0.05, 0) is 24.3 Å². The van der Waals surface area contributed by atoms with E-state index in [1.54, 1.807) is 0 Å². The zero-order valence-corrected chi connectivity index (χ0v) is 7.11. The molecule has 0 fully saturated rings. The van der Waals surface area contributed by atoms with Gasteiger partial charge in [-0.15, -0.1) is 11.8 Å². The van der Waals surface area contributed by atoms with Gasteiger partial charge in [0.15, 0.2) is 0 Å². The number of hydrogen-bond donors (Lipinski definition) is 0. The van der Waals surface area contributed by atoms with Crippen LogP contribution in [0, 0.1) is 6.92 Å². The molecule has 0 unspecified atom stereocenters. The number of hydrogen-bond acceptors (Lipinski definition) is 2. The maximum absolute atomic E-state index is 4.01. The maximum Gasteiger partial charge on any atom is 0.0308 e. The summed E-state index contributed by atoms with van der Waals surface area (Å²) in [6, 6.07) is 2.06. The van der Waals surface area contributed by atoms with Crippen LogP contribution in [0.4, 0.5) is 0 Å². The van der Waals surface area contributed by atoms with Gasteiger partial charge < -0.3 is 0 Å². The van der Waals surface area contributed by atoms with Crippen LogP contribution < -0.4 is 0 Å². The fraction of sp³-hybridized carbons (Fsp3) is 0.375. The monoisotopic (exact) mass is 153 g/mol. The van der Waals surface area contributed by atoms with Crippen molar-refractivity contribution in [3.63, 3.8) is 0 Å². The van der Waals surface area contributed by atoms with Gasteiger partial charge in [0.2, 0.25) is 0 Å². The highest BCUT2D eigenvalue weighted by atomic mass is 32.2. The molecule has 10 heavy (non-hydrogen) atoms. The summed E-state index contributed by atoms with van der Waals surface area (Å²) in [6.07, 6.45) is 3.74. The minimum atomic E-state index is 1.13. The molecule has 0 spiro atoms. The van der Waals surface area contributed by atoms with Gasteiger partial charge in [0.25, 0.3) is 0 Å². The Labute approximate surface area is 65.9 Å². The molecule has 0 aliphatic carbocycles. The Balaban J connectivity index is 2.81. The van der Waals surface area contributed by atoms with Crippen LogP contribution in [0.5, 0.6) is 0 Å². The van der Waals surface area contributed by atoms with E-state index in [0.29, 0.717) is 0 Å². The molecule has 0 aromatic carbocycles. The Morgan fingerprint density at radius 3 is 3.00 bits per heavy atom. The summed E-state index contributed by atoms with van der Waals surface area (Å²) in [6.45, 7) is 4.25. The first-order valence-electron chi connectivity index (χ1n) is 3.38. The highest BCUT2D eigenvalue weighted by Gasteiger charge is 1.93. The lowest BCUT2D eigenvalue weighted by molar-refractivity contribution is 1.18. The molecule has 0 saturated carbocycles. The van der Waals surface area contributed by atoms with Gasteiger partial charge in [0, 0.05) is 17.3 Å². The van der Waals surface area contributed by atoms with Gasteiger partial charge >= 0.3 is 0 Å². The normalized spacial score (nSPS) is 9.80. The molecule has 54 valence electrons. The van der Waals surface area contributed by atoms with Crippen molar-refractivity contribution in [1.82, 2.24) is 4.98 Å². The predicted octanol–water partition coefficient (Wildman–Crippen LogP) is 2.50. The van der Waals surface area contributed by atoms with E-state index in [4.69, 9.17) is 0 Å². The SMILES string of the molecule is CCSc1ccncc1C.